The van der Waals surface area contributed by atoms with Gasteiger partial charge in [-0.3, -0.25) is 9.59 Å². The van der Waals surface area contributed by atoms with Crippen molar-refractivity contribution in [3.8, 4) is 5.75 Å². The average Bonchev–Trinajstić information content (AvgIpc) is 2.52. The van der Waals surface area contributed by atoms with Gasteiger partial charge in [0.25, 0.3) is 5.91 Å². The summed E-state index contributed by atoms with van der Waals surface area (Å²) in [6, 6.07) is 3.76. The molecule has 2 rings (SSSR count). The number of rotatable bonds is 4. The Bertz CT molecular complexity index is 731. The number of likely N-dealkylation sites (tertiary alicyclic amines) is 1. The zero-order valence-electron chi connectivity index (χ0n) is 12.6. The molecule has 23 heavy (non-hydrogen) atoms. The minimum atomic E-state index is -3.96. The van der Waals surface area contributed by atoms with E-state index in [2.05, 4.69) is 0 Å². The van der Waals surface area contributed by atoms with Gasteiger partial charge in [-0.15, -0.1) is 0 Å². The number of amides is 1. The van der Waals surface area contributed by atoms with Gasteiger partial charge >= 0.3 is 5.97 Å². The number of nitrogens with zero attached hydrogens (tertiary/aromatic N) is 1. The van der Waals surface area contributed by atoms with Crippen molar-refractivity contribution in [3.05, 3.63) is 23.8 Å². The number of carboxylic acids is 1. The van der Waals surface area contributed by atoms with Crippen molar-refractivity contribution in [2.24, 2.45) is 11.1 Å². The first kappa shape index (κ1) is 17.2. The Hall–Kier alpha value is -2.13. The van der Waals surface area contributed by atoms with Gasteiger partial charge in [0, 0.05) is 13.1 Å². The Kier molecular flexibility index (Phi) is 4.90. The summed E-state index contributed by atoms with van der Waals surface area (Å²) in [4.78, 5) is 24.9. The first-order chi connectivity index (χ1) is 10.7. The SMILES string of the molecule is COc1ccc(S(N)(=O)=O)cc1C(=O)N1CCC[C@@H](C(=O)O)C1. The second kappa shape index (κ2) is 6.55. The minimum absolute atomic E-state index is 0.0464. The van der Waals surface area contributed by atoms with Crippen molar-refractivity contribution < 1.29 is 27.9 Å². The summed E-state index contributed by atoms with van der Waals surface area (Å²) in [7, 11) is -2.60. The number of carbonyl (C=O) groups excluding carboxylic acids is 1. The maximum atomic E-state index is 12.6. The third kappa shape index (κ3) is 3.80. The van der Waals surface area contributed by atoms with Crippen LogP contribution < -0.4 is 9.88 Å². The number of ether oxygens (including phenoxy) is 1. The monoisotopic (exact) mass is 342 g/mol. The predicted molar refractivity (Wildman–Crippen MR) is 80.6 cm³/mol. The molecule has 0 radical (unpaired) electrons. The molecule has 1 amide bonds. The van der Waals surface area contributed by atoms with Crippen molar-refractivity contribution >= 4 is 21.9 Å². The molecular weight excluding hydrogens is 324 g/mol. The Labute approximate surface area is 133 Å². The second-order valence-electron chi connectivity index (χ2n) is 5.34. The van der Waals surface area contributed by atoms with E-state index in [4.69, 9.17) is 15.0 Å². The fourth-order valence-electron chi connectivity index (χ4n) is 2.56. The summed E-state index contributed by atoms with van der Waals surface area (Å²) in [5.41, 5.74) is 0.0464. The van der Waals surface area contributed by atoms with E-state index in [-0.39, 0.29) is 22.8 Å². The van der Waals surface area contributed by atoms with E-state index in [1.807, 2.05) is 0 Å². The fourth-order valence-corrected chi connectivity index (χ4v) is 3.10. The number of piperidine rings is 1. The van der Waals surface area contributed by atoms with Crippen LogP contribution in [-0.4, -0.2) is 50.5 Å². The first-order valence-electron chi connectivity index (χ1n) is 6.97. The molecule has 9 heteroatoms. The van der Waals surface area contributed by atoms with Crippen LogP contribution in [-0.2, 0) is 14.8 Å². The number of sulfonamides is 1. The maximum absolute atomic E-state index is 12.6. The molecule has 8 nitrogen and oxygen atoms in total. The van der Waals surface area contributed by atoms with E-state index in [1.54, 1.807) is 0 Å². The zero-order valence-corrected chi connectivity index (χ0v) is 13.4. The Morgan fingerprint density at radius 1 is 1.39 bits per heavy atom. The number of methoxy groups -OCH3 is 1. The molecule has 1 aromatic rings. The quantitative estimate of drug-likeness (QED) is 0.809. The van der Waals surface area contributed by atoms with Gasteiger partial charge in [0.2, 0.25) is 10.0 Å². The van der Waals surface area contributed by atoms with Crippen molar-refractivity contribution in [1.29, 1.82) is 0 Å². The van der Waals surface area contributed by atoms with E-state index in [0.717, 1.165) is 6.07 Å². The highest BCUT2D eigenvalue weighted by molar-refractivity contribution is 7.89. The molecule has 1 aliphatic rings. The van der Waals surface area contributed by atoms with E-state index in [0.29, 0.717) is 19.4 Å². The van der Waals surface area contributed by atoms with Crippen LogP contribution in [0, 0.1) is 5.92 Å². The lowest BCUT2D eigenvalue weighted by molar-refractivity contribution is -0.143. The first-order valence-corrected chi connectivity index (χ1v) is 8.51. The number of carboxylic acid groups (broad SMARTS) is 1. The van der Waals surface area contributed by atoms with Crippen molar-refractivity contribution in [2.75, 3.05) is 20.2 Å². The fraction of sp³-hybridized carbons (Fsp3) is 0.429. The van der Waals surface area contributed by atoms with Crippen LogP contribution in [0.1, 0.15) is 23.2 Å². The summed E-state index contributed by atoms with van der Waals surface area (Å²) < 4.78 is 28.0. The number of hydrogen-bond acceptors (Lipinski definition) is 5. The van der Waals surface area contributed by atoms with Gasteiger partial charge in [0.05, 0.1) is 23.5 Å². The summed E-state index contributed by atoms with van der Waals surface area (Å²) >= 11 is 0. The molecule has 0 unspecified atom stereocenters. The number of carbonyl (C=O) groups is 2. The Morgan fingerprint density at radius 2 is 2.09 bits per heavy atom. The third-order valence-electron chi connectivity index (χ3n) is 3.79. The number of primary sulfonamides is 1. The number of nitrogens with two attached hydrogens (primary N) is 1. The van der Waals surface area contributed by atoms with Crippen molar-refractivity contribution in [2.45, 2.75) is 17.7 Å². The highest BCUT2D eigenvalue weighted by Crippen LogP contribution is 2.26. The topological polar surface area (TPSA) is 127 Å². The molecule has 1 fully saturated rings. The highest BCUT2D eigenvalue weighted by atomic mass is 32.2. The van der Waals surface area contributed by atoms with Gasteiger partial charge in [0.1, 0.15) is 5.75 Å². The molecule has 126 valence electrons. The molecule has 0 aromatic heterocycles. The van der Waals surface area contributed by atoms with E-state index in [9.17, 15) is 18.0 Å². The summed E-state index contributed by atoms with van der Waals surface area (Å²) in [5, 5.41) is 14.2. The molecule has 1 aliphatic heterocycles. The van der Waals surface area contributed by atoms with Gasteiger partial charge in [-0.1, -0.05) is 0 Å². The molecular formula is C14H18N2O6S. The summed E-state index contributed by atoms with van der Waals surface area (Å²) in [6.07, 6.45) is 1.08. The van der Waals surface area contributed by atoms with Crippen LogP contribution >= 0.6 is 0 Å². The standard InChI is InChI=1S/C14H18N2O6S/c1-22-12-5-4-10(23(15,20)21)7-11(12)13(17)16-6-2-3-9(8-16)14(18)19/h4-5,7,9H,2-3,6,8H2,1H3,(H,18,19)(H2,15,20,21)/t9-/m1/s1. The van der Waals surface area contributed by atoms with Crippen LogP contribution in [0.2, 0.25) is 0 Å². The third-order valence-corrected chi connectivity index (χ3v) is 4.70. The molecule has 0 bridgehead atoms. The van der Waals surface area contributed by atoms with Crippen LogP contribution in [0.4, 0.5) is 0 Å². The molecule has 1 aromatic carbocycles. The van der Waals surface area contributed by atoms with E-state index in [1.165, 1.54) is 24.1 Å². The molecule has 1 heterocycles. The molecule has 1 atom stereocenters. The van der Waals surface area contributed by atoms with Gasteiger partial charge in [-0.2, -0.15) is 0 Å². The normalized spacial score (nSPS) is 18.5. The van der Waals surface area contributed by atoms with Gasteiger partial charge in [-0.25, -0.2) is 13.6 Å². The molecule has 1 saturated heterocycles. The highest BCUT2D eigenvalue weighted by Gasteiger charge is 2.30. The lowest BCUT2D eigenvalue weighted by Gasteiger charge is -2.31. The number of benzene rings is 1. The lowest BCUT2D eigenvalue weighted by Crippen LogP contribution is -2.42. The van der Waals surface area contributed by atoms with Gasteiger partial charge < -0.3 is 14.7 Å². The summed E-state index contributed by atoms with van der Waals surface area (Å²) in [6.45, 7) is 0.488. The Balaban J connectivity index is 2.36. The Morgan fingerprint density at radius 3 is 2.65 bits per heavy atom. The zero-order chi connectivity index (χ0) is 17.2. The van der Waals surface area contributed by atoms with Crippen LogP contribution in [0.3, 0.4) is 0 Å². The number of hydrogen-bond donors (Lipinski definition) is 2. The molecule has 0 spiro atoms. The second-order valence-corrected chi connectivity index (χ2v) is 6.90. The number of aliphatic carboxylic acids is 1. The maximum Gasteiger partial charge on any atom is 0.308 e. The van der Waals surface area contributed by atoms with Gasteiger partial charge in [-0.05, 0) is 31.0 Å². The van der Waals surface area contributed by atoms with Gasteiger partial charge in [0.15, 0.2) is 0 Å². The molecule has 0 saturated carbocycles. The van der Waals surface area contributed by atoms with E-state index < -0.39 is 27.8 Å². The van der Waals surface area contributed by atoms with Crippen molar-refractivity contribution in [3.63, 3.8) is 0 Å². The predicted octanol–water partition coefficient (Wildman–Crippen LogP) is 0.279. The smallest absolute Gasteiger partial charge is 0.308 e. The van der Waals surface area contributed by atoms with Crippen LogP contribution in [0.15, 0.2) is 23.1 Å². The van der Waals surface area contributed by atoms with Crippen molar-refractivity contribution in [1.82, 2.24) is 4.90 Å². The lowest BCUT2D eigenvalue weighted by atomic mass is 9.97. The average molecular weight is 342 g/mol. The van der Waals surface area contributed by atoms with E-state index >= 15 is 0 Å². The summed E-state index contributed by atoms with van der Waals surface area (Å²) in [5.74, 6) is -1.84. The van der Waals surface area contributed by atoms with Crippen LogP contribution in [0.25, 0.3) is 0 Å². The van der Waals surface area contributed by atoms with Crippen LogP contribution in [0.5, 0.6) is 5.75 Å². The minimum Gasteiger partial charge on any atom is -0.496 e. The molecule has 3 N–H and O–H groups in total. The largest absolute Gasteiger partial charge is 0.496 e. The molecule has 0 aliphatic carbocycles.